The Labute approximate surface area is 129 Å². The van der Waals surface area contributed by atoms with Crippen LogP contribution in [0.4, 0.5) is 0 Å². The van der Waals surface area contributed by atoms with Crippen LogP contribution in [0.1, 0.15) is 16.5 Å². The summed E-state index contributed by atoms with van der Waals surface area (Å²) < 4.78 is 6.46. The van der Waals surface area contributed by atoms with Crippen LogP contribution >= 0.6 is 38.9 Å². The van der Waals surface area contributed by atoms with E-state index in [1.54, 1.807) is 24.5 Å². The van der Waals surface area contributed by atoms with Gasteiger partial charge in [-0.25, -0.2) is 0 Å². The molecule has 3 N–H and O–H groups in total. The summed E-state index contributed by atoms with van der Waals surface area (Å²) in [5, 5.41) is 2.71. The van der Waals surface area contributed by atoms with E-state index in [1.807, 2.05) is 12.1 Å². The number of hydrogen-bond acceptors (Lipinski definition) is 4. The number of hydrazine groups is 1. The summed E-state index contributed by atoms with van der Waals surface area (Å²) in [7, 11) is 1.63. The van der Waals surface area contributed by atoms with Crippen molar-refractivity contribution in [3.8, 4) is 5.75 Å². The molecule has 0 aliphatic rings. The number of nitrogens with two attached hydrogens (primary N) is 1. The predicted molar refractivity (Wildman–Crippen MR) is 83.8 cm³/mol. The summed E-state index contributed by atoms with van der Waals surface area (Å²) in [4.78, 5) is 1.24. The first-order valence-corrected chi connectivity index (χ1v) is 7.71. The van der Waals surface area contributed by atoms with Gasteiger partial charge in [-0.05, 0) is 34.1 Å². The average molecular weight is 362 g/mol. The van der Waals surface area contributed by atoms with Gasteiger partial charge in [0, 0.05) is 31.7 Å². The van der Waals surface area contributed by atoms with E-state index < -0.39 is 0 Å². The maximum Gasteiger partial charge on any atom is 0.125 e. The molecule has 102 valence electrons. The van der Waals surface area contributed by atoms with Crippen molar-refractivity contribution in [1.82, 2.24) is 5.43 Å². The van der Waals surface area contributed by atoms with E-state index in [-0.39, 0.29) is 6.04 Å². The van der Waals surface area contributed by atoms with E-state index in [0.29, 0.717) is 5.02 Å². The standard InChI is InChI=1S/C13H14BrClN2OS/c1-18-13-5-9(15)2-3-11(13)12(17-16)6-10-4-8(14)7-19-10/h2-5,7,12,17H,6,16H2,1H3. The van der Waals surface area contributed by atoms with Crippen molar-refractivity contribution in [1.29, 1.82) is 0 Å². The highest BCUT2D eigenvalue weighted by atomic mass is 79.9. The molecule has 2 aromatic rings. The summed E-state index contributed by atoms with van der Waals surface area (Å²) in [5.74, 6) is 6.42. The summed E-state index contributed by atoms with van der Waals surface area (Å²) >= 11 is 11.1. The maximum atomic E-state index is 5.97. The van der Waals surface area contributed by atoms with E-state index in [4.69, 9.17) is 22.2 Å². The van der Waals surface area contributed by atoms with Crippen molar-refractivity contribution >= 4 is 38.9 Å². The average Bonchev–Trinajstić information content (AvgIpc) is 2.81. The Morgan fingerprint density at radius 1 is 1.47 bits per heavy atom. The molecule has 6 heteroatoms. The van der Waals surface area contributed by atoms with Gasteiger partial charge in [-0.1, -0.05) is 17.7 Å². The Hall–Kier alpha value is -0.590. The molecule has 0 saturated heterocycles. The first-order valence-electron chi connectivity index (χ1n) is 5.66. The smallest absolute Gasteiger partial charge is 0.125 e. The zero-order chi connectivity index (χ0) is 13.8. The number of benzene rings is 1. The molecular formula is C13H14BrClN2OS. The lowest BCUT2D eigenvalue weighted by Crippen LogP contribution is -2.29. The molecule has 3 nitrogen and oxygen atoms in total. The van der Waals surface area contributed by atoms with Crippen molar-refractivity contribution in [3.63, 3.8) is 0 Å². The summed E-state index contributed by atoms with van der Waals surface area (Å²) in [5.41, 5.74) is 3.84. The number of hydrogen-bond donors (Lipinski definition) is 2. The van der Waals surface area contributed by atoms with Gasteiger partial charge in [-0.2, -0.15) is 0 Å². The summed E-state index contributed by atoms with van der Waals surface area (Å²) in [6, 6.07) is 7.66. The molecule has 0 amide bonds. The molecule has 19 heavy (non-hydrogen) atoms. The molecule has 0 aliphatic carbocycles. The quantitative estimate of drug-likeness (QED) is 0.627. The summed E-state index contributed by atoms with van der Waals surface area (Å²) in [6.07, 6.45) is 0.796. The first kappa shape index (κ1) is 14.8. The third kappa shape index (κ3) is 3.70. The van der Waals surface area contributed by atoms with Gasteiger partial charge in [-0.15, -0.1) is 11.3 Å². The van der Waals surface area contributed by atoms with Gasteiger partial charge >= 0.3 is 0 Å². The molecule has 0 radical (unpaired) electrons. The van der Waals surface area contributed by atoms with Crippen molar-refractivity contribution in [2.75, 3.05) is 7.11 Å². The molecule has 0 aliphatic heterocycles. The second kappa shape index (κ2) is 6.72. The minimum Gasteiger partial charge on any atom is -0.496 e. The normalized spacial score (nSPS) is 12.4. The van der Waals surface area contributed by atoms with Gasteiger partial charge in [0.1, 0.15) is 5.75 Å². The lowest BCUT2D eigenvalue weighted by atomic mass is 10.0. The zero-order valence-electron chi connectivity index (χ0n) is 10.3. The van der Waals surface area contributed by atoms with Gasteiger partial charge in [0.25, 0.3) is 0 Å². The SMILES string of the molecule is COc1cc(Cl)ccc1C(Cc1cc(Br)cs1)NN. The minimum atomic E-state index is -0.0160. The van der Waals surface area contributed by atoms with Crippen LogP contribution in [0.3, 0.4) is 0 Å². The van der Waals surface area contributed by atoms with Crippen LogP contribution in [0, 0.1) is 0 Å². The number of halogens is 2. The molecule has 1 heterocycles. The van der Waals surface area contributed by atoms with E-state index in [2.05, 4.69) is 32.8 Å². The van der Waals surface area contributed by atoms with Crippen molar-refractivity contribution in [2.45, 2.75) is 12.5 Å². The largest absolute Gasteiger partial charge is 0.496 e. The zero-order valence-corrected chi connectivity index (χ0v) is 13.5. The van der Waals surface area contributed by atoms with Crippen LogP contribution in [0.15, 0.2) is 34.1 Å². The lowest BCUT2D eigenvalue weighted by molar-refractivity contribution is 0.399. The fraction of sp³-hybridized carbons (Fsp3) is 0.231. The van der Waals surface area contributed by atoms with Crippen LogP contribution in [-0.4, -0.2) is 7.11 Å². The topological polar surface area (TPSA) is 47.3 Å². The highest BCUT2D eigenvalue weighted by Gasteiger charge is 2.16. The van der Waals surface area contributed by atoms with E-state index in [0.717, 1.165) is 22.2 Å². The summed E-state index contributed by atoms with van der Waals surface area (Å²) in [6.45, 7) is 0. The molecule has 1 aromatic heterocycles. The van der Waals surface area contributed by atoms with Gasteiger partial charge < -0.3 is 4.74 Å². The van der Waals surface area contributed by atoms with Crippen molar-refractivity contribution < 1.29 is 4.74 Å². The van der Waals surface area contributed by atoms with Gasteiger partial charge in [0.15, 0.2) is 0 Å². The molecule has 1 aromatic carbocycles. The fourth-order valence-electron chi connectivity index (χ4n) is 1.89. The Morgan fingerprint density at radius 3 is 2.84 bits per heavy atom. The molecule has 0 fully saturated rings. The Bertz CT molecular complexity index is 561. The van der Waals surface area contributed by atoms with E-state index in [9.17, 15) is 0 Å². The van der Waals surface area contributed by atoms with E-state index in [1.165, 1.54) is 4.88 Å². The van der Waals surface area contributed by atoms with Crippen LogP contribution < -0.4 is 16.0 Å². The number of ether oxygens (including phenoxy) is 1. The third-order valence-corrected chi connectivity index (χ3v) is 4.75. The molecule has 2 rings (SSSR count). The predicted octanol–water partition coefficient (Wildman–Crippen LogP) is 3.92. The highest BCUT2D eigenvalue weighted by Crippen LogP contribution is 2.31. The van der Waals surface area contributed by atoms with Crippen LogP contribution in [0.25, 0.3) is 0 Å². The second-order valence-electron chi connectivity index (χ2n) is 4.04. The second-order valence-corrected chi connectivity index (χ2v) is 6.39. The third-order valence-electron chi connectivity index (χ3n) is 2.80. The lowest BCUT2D eigenvalue weighted by Gasteiger charge is -2.18. The number of nitrogens with one attached hydrogen (secondary N) is 1. The number of rotatable bonds is 5. The molecule has 1 unspecified atom stereocenters. The molecular weight excluding hydrogens is 348 g/mol. The van der Waals surface area contributed by atoms with Crippen molar-refractivity contribution in [2.24, 2.45) is 5.84 Å². The van der Waals surface area contributed by atoms with Gasteiger partial charge in [0.2, 0.25) is 0 Å². The van der Waals surface area contributed by atoms with Crippen molar-refractivity contribution in [3.05, 3.63) is 49.6 Å². The van der Waals surface area contributed by atoms with Crippen LogP contribution in [-0.2, 0) is 6.42 Å². The fourth-order valence-corrected chi connectivity index (χ4v) is 3.55. The monoisotopic (exact) mass is 360 g/mol. The van der Waals surface area contributed by atoms with Crippen LogP contribution in [0.2, 0.25) is 5.02 Å². The van der Waals surface area contributed by atoms with Gasteiger partial charge in [0.05, 0.1) is 13.2 Å². The first-order chi connectivity index (χ1) is 9.13. The molecule has 1 atom stereocenters. The Balaban J connectivity index is 2.26. The van der Waals surface area contributed by atoms with Gasteiger partial charge in [-0.3, -0.25) is 11.3 Å². The minimum absolute atomic E-state index is 0.0160. The van der Waals surface area contributed by atoms with Crippen LogP contribution in [0.5, 0.6) is 5.75 Å². The maximum absolute atomic E-state index is 5.97. The number of methoxy groups -OCH3 is 1. The molecule has 0 saturated carbocycles. The van der Waals surface area contributed by atoms with E-state index >= 15 is 0 Å². The number of thiophene rings is 1. The Morgan fingerprint density at radius 2 is 2.26 bits per heavy atom. The molecule has 0 bridgehead atoms. The molecule has 0 spiro atoms. The Kier molecular flexibility index (Phi) is 5.24. The highest BCUT2D eigenvalue weighted by molar-refractivity contribution is 9.10.